The van der Waals surface area contributed by atoms with Crippen LogP contribution in [0.3, 0.4) is 0 Å². The Bertz CT molecular complexity index is 845. The Hall–Kier alpha value is -2.14. The molecule has 166 valence electrons. The number of carbonyl (C=O) groups is 1. The molecule has 2 aliphatic carbocycles. The van der Waals surface area contributed by atoms with Gasteiger partial charge in [0.2, 0.25) is 5.91 Å². The van der Waals surface area contributed by atoms with Crippen molar-refractivity contribution in [2.45, 2.75) is 75.9 Å². The van der Waals surface area contributed by atoms with Crippen LogP contribution in [0.25, 0.3) is 0 Å². The van der Waals surface area contributed by atoms with Crippen molar-refractivity contribution in [2.24, 2.45) is 11.8 Å². The summed E-state index contributed by atoms with van der Waals surface area (Å²) in [5.74, 6) is 2.02. The SMILES string of the molecule is C[C@@H]1C[C@H]1C(=O)N1CCC[C@H](c2cc[nH]n2)[C@@H]1CO[C@H]1CC[C@@H](c2ccccc2)CC1. The summed E-state index contributed by atoms with van der Waals surface area (Å²) in [7, 11) is 0. The average Bonchev–Trinajstić information content (AvgIpc) is 3.31. The van der Waals surface area contributed by atoms with Gasteiger partial charge in [-0.25, -0.2) is 0 Å². The highest BCUT2D eigenvalue weighted by Gasteiger charge is 2.46. The summed E-state index contributed by atoms with van der Waals surface area (Å²) >= 11 is 0. The van der Waals surface area contributed by atoms with Crippen molar-refractivity contribution in [3.63, 3.8) is 0 Å². The third-order valence-electron chi connectivity index (χ3n) is 7.84. The molecule has 0 radical (unpaired) electrons. The number of benzene rings is 1. The van der Waals surface area contributed by atoms with Gasteiger partial charge in [-0.3, -0.25) is 9.89 Å². The second-order valence-corrected chi connectivity index (χ2v) is 9.88. The number of hydrogen-bond donors (Lipinski definition) is 1. The summed E-state index contributed by atoms with van der Waals surface area (Å²) in [6.07, 6.45) is 9.93. The van der Waals surface area contributed by atoms with Crippen molar-refractivity contribution in [2.75, 3.05) is 13.2 Å². The lowest BCUT2D eigenvalue weighted by atomic mass is 9.82. The molecule has 5 nitrogen and oxygen atoms in total. The van der Waals surface area contributed by atoms with Crippen molar-refractivity contribution in [3.8, 4) is 0 Å². The van der Waals surface area contributed by atoms with Crippen LogP contribution >= 0.6 is 0 Å². The van der Waals surface area contributed by atoms with Gasteiger partial charge in [-0.15, -0.1) is 0 Å². The molecule has 1 N–H and O–H groups in total. The van der Waals surface area contributed by atoms with Crippen LogP contribution in [0.15, 0.2) is 42.6 Å². The Labute approximate surface area is 185 Å². The molecular weight excluding hydrogens is 386 g/mol. The molecule has 1 saturated heterocycles. The number of ether oxygens (including phenoxy) is 1. The number of likely N-dealkylation sites (tertiary alicyclic amines) is 1. The van der Waals surface area contributed by atoms with Crippen molar-refractivity contribution in [3.05, 3.63) is 53.9 Å². The van der Waals surface area contributed by atoms with Crippen LogP contribution in [-0.4, -0.2) is 46.3 Å². The van der Waals surface area contributed by atoms with Crippen LogP contribution in [-0.2, 0) is 9.53 Å². The molecule has 1 aliphatic heterocycles. The van der Waals surface area contributed by atoms with Gasteiger partial charge in [0.25, 0.3) is 0 Å². The Morgan fingerprint density at radius 3 is 2.58 bits per heavy atom. The molecule has 3 fully saturated rings. The highest BCUT2D eigenvalue weighted by Crippen LogP contribution is 2.42. The first kappa shape index (κ1) is 20.7. The van der Waals surface area contributed by atoms with E-state index in [1.807, 2.05) is 6.20 Å². The zero-order chi connectivity index (χ0) is 21.2. The average molecular weight is 422 g/mol. The zero-order valence-electron chi connectivity index (χ0n) is 18.6. The van der Waals surface area contributed by atoms with Crippen LogP contribution in [0.2, 0.25) is 0 Å². The summed E-state index contributed by atoms with van der Waals surface area (Å²) in [5, 5.41) is 7.44. The molecule has 0 bridgehead atoms. The molecule has 1 aromatic heterocycles. The fourth-order valence-corrected chi connectivity index (χ4v) is 5.76. The molecule has 2 aromatic rings. The van der Waals surface area contributed by atoms with Gasteiger partial charge in [0, 0.05) is 24.6 Å². The molecule has 3 aliphatic rings. The van der Waals surface area contributed by atoms with Crippen LogP contribution < -0.4 is 0 Å². The number of piperidine rings is 1. The van der Waals surface area contributed by atoms with Crippen molar-refractivity contribution < 1.29 is 9.53 Å². The van der Waals surface area contributed by atoms with Gasteiger partial charge in [-0.2, -0.15) is 5.10 Å². The number of H-pyrrole nitrogens is 1. The molecule has 0 spiro atoms. The van der Waals surface area contributed by atoms with Gasteiger partial charge >= 0.3 is 0 Å². The fraction of sp³-hybridized carbons (Fsp3) is 0.615. The number of amides is 1. The topological polar surface area (TPSA) is 58.2 Å². The largest absolute Gasteiger partial charge is 0.376 e. The molecule has 1 amide bonds. The van der Waals surface area contributed by atoms with E-state index in [1.165, 1.54) is 18.4 Å². The summed E-state index contributed by atoms with van der Waals surface area (Å²) < 4.78 is 6.51. The van der Waals surface area contributed by atoms with E-state index >= 15 is 0 Å². The minimum atomic E-state index is 0.101. The summed E-state index contributed by atoms with van der Waals surface area (Å²) in [5.41, 5.74) is 2.53. The van der Waals surface area contributed by atoms with E-state index < -0.39 is 0 Å². The number of aromatic amines is 1. The molecule has 5 rings (SSSR count). The lowest BCUT2D eigenvalue weighted by Gasteiger charge is -2.42. The lowest BCUT2D eigenvalue weighted by molar-refractivity contribution is -0.140. The fourth-order valence-electron chi connectivity index (χ4n) is 5.76. The molecule has 1 aromatic carbocycles. The molecule has 5 heteroatoms. The quantitative estimate of drug-likeness (QED) is 0.723. The lowest BCUT2D eigenvalue weighted by Crippen LogP contribution is -2.51. The van der Waals surface area contributed by atoms with E-state index in [0.717, 1.165) is 44.3 Å². The van der Waals surface area contributed by atoms with E-state index in [2.05, 4.69) is 58.4 Å². The highest BCUT2D eigenvalue weighted by atomic mass is 16.5. The Kier molecular flexibility index (Phi) is 6.13. The number of carbonyl (C=O) groups excluding carboxylic acids is 1. The number of nitrogens with one attached hydrogen (secondary N) is 1. The minimum absolute atomic E-state index is 0.101. The Morgan fingerprint density at radius 2 is 1.90 bits per heavy atom. The number of hydrogen-bond acceptors (Lipinski definition) is 3. The van der Waals surface area contributed by atoms with Gasteiger partial charge in [0.05, 0.1) is 24.4 Å². The van der Waals surface area contributed by atoms with Crippen LogP contribution in [0.1, 0.15) is 75.0 Å². The normalized spacial score (nSPS) is 33.3. The molecule has 31 heavy (non-hydrogen) atoms. The van der Waals surface area contributed by atoms with Gasteiger partial charge in [0.15, 0.2) is 0 Å². The molecular formula is C26H35N3O2. The van der Waals surface area contributed by atoms with E-state index in [4.69, 9.17) is 4.74 Å². The van der Waals surface area contributed by atoms with E-state index in [-0.39, 0.29) is 17.9 Å². The first-order valence-corrected chi connectivity index (χ1v) is 12.2. The maximum absolute atomic E-state index is 13.2. The number of rotatable bonds is 6. The zero-order valence-corrected chi connectivity index (χ0v) is 18.6. The van der Waals surface area contributed by atoms with Crippen molar-refractivity contribution >= 4 is 5.91 Å². The third kappa shape index (κ3) is 4.57. The molecule has 4 atom stereocenters. The molecule has 2 heterocycles. The van der Waals surface area contributed by atoms with E-state index in [0.29, 0.717) is 30.5 Å². The van der Waals surface area contributed by atoms with Gasteiger partial charge in [0.1, 0.15) is 0 Å². The second kappa shape index (κ2) is 9.15. The van der Waals surface area contributed by atoms with E-state index in [9.17, 15) is 4.79 Å². The summed E-state index contributed by atoms with van der Waals surface area (Å²) in [4.78, 5) is 15.3. The predicted molar refractivity (Wildman–Crippen MR) is 121 cm³/mol. The third-order valence-corrected chi connectivity index (χ3v) is 7.84. The molecule has 2 saturated carbocycles. The maximum atomic E-state index is 13.2. The highest BCUT2D eigenvalue weighted by molar-refractivity contribution is 5.82. The summed E-state index contributed by atoms with van der Waals surface area (Å²) in [6, 6.07) is 13.1. The second-order valence-electron chi connectivity index (χ2n) is 9.88. The van der Waals surface area contributed by atoms with Crippen molar-refractivity contribution in [1.82, 2.24) is 15.1 Å². The number of aromatic nitrogens is 2. The Balaban J connectivity index is 1.23. The minimum Gasteiger partial charge on any atom is -0.376 e. The smallest absolute Gasteiger partial charge is 0.226 e. The molecule has 0 unspecified atom stereocenters. The van der Waals surface area contributed by atoms with Crippen LogP contribution in [0.5, 0.6) is 0 Å². The first-order chi connectivity index (χ1) is 15.2. The Morgan fingerprint density at radius 1 is 1.13 bits per heavy atom. The monoisotopic (exact) mass is 421 g/mol. The van der Waals surface area contributed by atoms with E-state index in [1.54, 1.807) is 0 Å². The predicted octanol–water partition coefficient (Wildman–Crippen LogP) is 4.88. The maximum Gasteiger partial charge on any atom is 0.226 e. The first-order valence-electron chi connectivity index (χ1n) is 12.2. The summed E-state index contributed by atoms with van der Waals surface area (Å²) in [6.45, 7) is 3.68. The van der Waals surface area contributed by atoms with Gasteiger partial charge in [-0.1, -0.05) is 37.3 Å². The van der Waals surface area contributed by atoms with Crippen molar-refractivity contribution in [1.29, 1.82) is 0 Å². The van der Waals surface area contributed by atoms with Crippen LogP contribution in [0, 0.1) is 11.8 Å². The van der Waals surface area contributed by atoms with Crippen LogP contribution in [0.4, 0.5) is 0 Å². The van der Waals surface area contributed by atoms with Gasteiger partial charge in [-0.05, 0) is 68.4 Å². The standard InChI is InChI=1S/C26H35N3O2/c1-18-16-23(18)26(30)29-15-5-8-22(24-13-14-27-28-24)25(29)17-31-21-11-9-20(10-12-21)19-6-3-2-4-7-19/h2-4,6-7,13-14,18,20-23,25H,5,8-12,15-17H2,1H3,(H,27,28)/t18-,20-,21+,22-,23-,25+/m1/s1. The number of nitrogens with zero attached hydrogens (tertiary/aromatic N) is 2. The van der Waals surface area contributed by atoms with Gasteiger partial charge < -0.3 is 9.64 Å².